The second-order valence-corrected chi connectivity index (χ2v) is 12.8. The molecule has 1 fully saturated rings. The molecule has 0 aromatic heterocycles. The molecule has 5 aromatic carbocycles. The smallest absolute Gasteiger partial charge is 0.308 e. The fraction of sp³-hybridized carbons (Fsp3) is 0.225. The molecule has 0 bridgehead atoms. The van der Waals surface area contributed by atoms with Crippen molar-refractivity contribution in [2.75, 3.05) is 0 Å². The molecule has 51 heavy (non-hydrogen) atoms. The number of ketones is 2. The predicted octanol–water partition coefficient (Wildman–Crippen LogP) is 4.20. The molecule has 0 saturated carbocycles. The summed E-state index contributed by atoms with van der Waals surface area (Å²) in [6, 6.07) is 24.0. The van der Waals surface area contributed by atoms with Gasteiger partial charge in [0.05, 0.1) is 18.3 Å². The number of aromatic hydroxyl groups is 1. The number of esters is 1. The van der Waals surface area contributed by atoms with Gasteiger partial charge in [0.1, 0.15) is 35.6 Å². The van der Waals surface area contributed by atoms with Gasteiger partial charge in [0, 0.05) is 41.2 Å². The van der Waals surface area contributed by atoms with E-state index in [9.17, 15) is 39.9 Å². The van der Waals surface area contributed by atoms with Gasteiger partial charge in [-0.15, -0.1) is 0 Å². The molecule has 1 aliphatic carbocycles. The zero-order valence-corrected chi connectivity index (χ0v) is 27.6. The third-order valence-electron chi connectivity index (χ3n) is 9.37. The number of aliphatic hydroxyl groups excluding tert-OH is 4. The number of aliphatic hydroxyl groups is 4. The molecule has 260 valence electrons. The summed E-state index contributed by atoms with van der Waals surface area (Å²) in [5, 5.41) is 54.9. The Hall–Kier alpha value is -5.43. The predicted molar refractivity (Wildman–Crippen MR) is 184 cm³/mol. The molecule has 1 aliphatic heterocycles. The standard InChI is InChI=1S/C40H34O11/c1-19-34(43)38(47)39(48)40(49-19)51-30-17-28-33(36(45)27(30)15-21-6-5-7-22(14-21)18-41)35(44)26-12-13-29(50-20(2)42)31(32(26)37(28)46)25-11-10-23-8-3-4-9-24(23)16-25/h3-14,16-17,19,34,38-41,43,45,47-48H,15,18H2,1-2H3. The van der Waals surface area contributed by atoms with E-state index in [2.05, 4.69) is 0 Å². The van der Waals surface area contributed by atoms with Gasteiger partial charge in [-0.05, 0) is 58.7 Å². The molecule has 1 saturated heterocycles. The van der Waals surface area contributed by atoms with Crippen molar-refractivity contribution >= 4 is 28.3 Å². The Morgan fingerprint density at radius 2 is 1.47 bits per heavy atom. The van der Waals surface area contributed by atoms with E-state index in [0.717, 1.165) is 10.8 Å². The van der Waals surface area contributed by atoms with Gasteiger partial charge < -0.3 is 39.7 Å². The van der Waals surface area contributed by atoms with Gasteiger partial charge in [0.15, 0.2) is 11.6 Å². The maximum Gasteiger partial charge on any atom is 0.308 e. The van der Waals surface area contributed by atoms with E-state index in [1.165, 1.54) is 32.0 Å². The first-order valence-corrected chi connectivity index (χ1v) is 16.3. The van der Waals surface area contributed by atoms with E-state index >= 15 is 0 Å². The van der Waals surface area contributed by atoms with E-state index in [0.29, 0.717) is 16.7 Å². The van der Waals surface area contributed by atoms with Gasteiger partial charge in [-0.2, -0.15) is 0 Å². The summed E-state index contributed by atoms with van der Waals surface area (Å²) >= 11 is 0. The maximum atomic E-state index is 14.7. The lowest BCUT2D eigenvalue weighted by Gasteiger charge is -2.39. The highest BCUT2D eigenvalue weighted by Crippen LogP contribution is 2.46. The van der Waals surface area contributed by atoms with Gasteiger partial charge in [-0.3, -0.25) is 14.4 Å². The van der Waals surface area contributed by atoms with E-state index in [4.69, 9.17) is 14.2 Å². The zero-order chi connectivity index (χ0) is 36.1. The molecule has 5 aromatic rings. The van der Waals surface area contributed by atoms with Crippen LogP contribution in [0.25, 0.3) is 21.9 Å². The van der Waals surface area contributed by atoms with E-state index < -0.39 is 54.0 Å². The maximum absolute atomic E-state index is 14.7. The largest absolute Gasteiger partial charge is 0.507 e. The third-order valence-corrected chi connectivity index (χ3v) is 9.37. The summed E-state index contributed by atoms with van der Waals surface area (Å²) in [5.41, 5.74) is 1.46. The molecule has 5 unspecified atom stereocenters. The van der Waals surface area contributed by atoms with Crippen LogP contribution >= 0.6 is 0 Å². The minimum absolute atomic E-state index is 0.0132. The number of carbonyl (C=O) groups excluding carboxylic acids is 3. The lowest BCUT2D eigenvalue weighted by molar-refractivity contribution is -0.268. The average Bonchev–Trinajstić information content (AvgIpc) is 3.12. The minimum Gasteiger partial charge on any atom is -0.507 e. The number of hydrogen-bond donors (Lipinski definition) is 5. The van der Waals surface area contributed by atoms with Crippen LogP contribution in [-0.4, -0.2) is 73.8 Å². The molecule has 5 N–H and O–H groups in total. The lowest BCUT2D eigenvalue weighted by Crippen LogP contribution is -2.58. The van der Waals surface area contributed by atoms with Gasteiger partial charge in [-0.25, -0.2) is 0 Å². The molecule has 0 amide bonds. The lowest BCUT2D eigenvalue weighted by atomic mass is 9.78. The molecule has 2 aliphatic rings. The van der Waals surface area contributed by atoms with Crippen LogP contribution in [0.15, 0.2) is 84.9 Å². The van der Waals surface area contributed by atoms with E-state index in [1.54, 1.807) is 30.3 Å². The number of phenols is 1. The Bertz CT molecular complexity index is 2220. The minimum atomic E-state index is -1.72. The molecular weight excluding hydrogens is 656 g/mol. The number of rotatable bonds is 7. The van der Waals surface area contributed by atoms with Crippen LogP contribution in [0.3, 0.4) is 0 Å². The van der Waals surface area contributed by atoms with Crippen LogP contribution in [0.1, 0.15) is 62.4 Å². The first kappa shape index (κ1) is 34.0. The normalized spacial score (nSPS) is 21.3. The highest BCUT2D eigenvalue weighted by molar-refractivity contribution is 6.32. The monoisotopic (exact) mass is 690 g/mol. The number of fused-ring (bicyclic) bond motifs is 3. The van der Waals surface area contributed by atoms with Crippen molar-refractivity contribution in [2.24, 2.45) is 0 Å². The second kappa shape index (κ2) is 13.4. The summed E-state index contributed by atoms with van der Waals surface area (Å²) in [5.74, 6) is -2.58. The Labute approximate surface area is 291 Å². The molecule has 0 spiro atoms. The van der Waals surface area contributed by atoms with Gasteiger partial charge in [0.25, 0.3) is 0 Å². The van der Waals surface area contributed by atoms with Crippen molar-refractivity contribution in [2.45, 2.75) is 57.6 Å². The first-order valence-electron chi connectivity index (χ1n) is 16.3. The summed E-state index contributed by atoms with van der Waals surface area (Å²) < 4.78 is 17.3. The second-order valence-electron chi connectivity index (χ2n) is 12.8. The van der Waals surface area contributed by atoms with Crippen LogP contribution in [0, 0.1) is 0 Å². The van der Waals surface area contributed by atoms with Gasteiger partial charge in [-0.1, -0.05) is 60.7 Å². The van der Waals surface area contributed by atoms with Crippen molar-refractivity contribution in [3.05, 3.63) is 124 Å². The average molecular weight is 691 g/mol. The van der Waals surface area contributed by atoms with Crippen molar-refractivity contribution in [1.29, 1.82) is 0 Å². The number of ether oxygens (including phenoxy) is 3. The van der Waals surface area contributed by atoms with Crippen molar-refractivity contribution in [1.82, 2.24) is 0 Å². The molecular formula is C40H34O11. The van der Waals surface area contributed by atoms with E-state index in [-0.39, 0.29) is 57.9 Å². The van der Waals surface area contributed by atoms with Crippen LogP contribution in [0.2, 0.25) is 0 Å². The third kappa shape index (κ3) is 6.05. The SMILES string of the molecule is CC(=O)Oc1ccc2c(c1-c1ccc3ccccc3c1)C(=O)c1cc(OC3OC(C)C(O)C(O)C3O)c(Cc3cccc(CO)c3)c(O)c1C2=O. The highest BCUT2D eigenvalue weighted by Gasteiger charge is 2.44. The summed E-state index contributed by atoms with van der Waals surface area (Å²) in [4.78, 5) is 41.3. The molecule has 1 heterocycles. The fourth-order valence-electron chi connectivity index (χ4n) is 6.80. The van der Waals surface area contributed by atoms with Crippen LogP contribution in [0.4, 0.5) is 0 Å². The van der Waals surface area contributed by atoms with Crippen molar-refractivity contribution < 1.29 is 54.1 Å². The zero-order valence-electron chi connectivity index (χ0n) is 27.6. The fourth-order valence-corrected chi connectivity index (χ4v) is 6.80. The summed E-state index contributed by atoms with van der Waals surface area (Å²) in [6.07, 6.45) is -7.29. The van der Waals surface area contributed by atoms with Crippen LogP contribution in [-0.2, 0) is 22.6 Å². The Morgan fingerprint density at radius 1 is 0.745 bits per heavy atom. The Morgan fingerprint density at radius 3 is 2.22 bits per heavy atom. The number of phenolic OH excluding ortho intramolecular Hbond substituents is 1. The number of hydrogen-bond acceptors (Lipinski definition) is 11. The topological polar surface area (TPSA) is 180 Å². The number of carbonyl (C=O) groups is 3. The highest BCUT2D eigenvalue weighted by atomic mass is 16.7. The van der Waals surface area contributed by atoms with Crippen LogP contribution < -0.4 is 9.47 Å². The van der Waals surface area contributed by atoms with E-state index in [1.807, 2.05) is 36.4 Å². The van der Waals surface area contributed by atoms with Crippen LogP contribution in [0.5, 0.6) is 17.2 Å². The number of benzene rings is 5. The quantitative estimate of drug-likeness (QED) is 0.120. The summed E-state index contributed by atoms with van der Waals surface area (Å²) in [6.45, 7) is 2.46. The van der Waals surface area contributed by atoms with Gasteiger partial charge >= 0.3 is 5.97 Å². The van der Waals surface area contributed by atoms with Crippen molar-refractivity contribution in [3.63, 3.8) is 0 Å². The first-order chi connectivity index (χ1) is 24.5. The van der Waals surface area contributed by atoms with Gasteiger partial charge in [0.2, 0.25) is 6.29 Å². The summed E-state index contributed by atoms with van der Waals surface area (Å²) in [7, 11) is 0. The molecule has 11 nitrogen and oxygen atoms in total. The van der Waals surface area contributed by atoms with Crippen molar-refractivity contribution in [3.8, 4) is 28.4 Å². The molecule has 7 rings (SSSR count). The Balaban J connectivity index is 1.42. The molecule has 11 heteroatoms. The molecule has 5 atom stereocenters. The molecule has 0 radical (unpaired) electrons. The Kier molecular flexibility index (Phi) is 8.92.